The Kier molecular flexibility index (Phi) is 7.09. The lowest BCUT2D eigenvalue weighted by Gasteiger charge is -2.38. The first-order valence-electron chi connectivity index (χ1n) is 9.22. The molecular weight excluding hydrogens is 302 g/mol. The van der Waals surface area contributed by atoms with Crippen LogP contribution in [-0.2, 0) is 6.54 Å². The van der Waals surface area contributed by atoms with Gasteiger partial charge in [0, 0.05) is 25.2 Å². The molecule has 0 amide bonds. The number of aromatic nitrogens is 1. The van der Waals surface area contributed by atoms with E-state index in [4.69, 9.17) is 4.42 Å². The van der Waals surface area contributed by atoms with Crippen molar-refractivity contribution < 1.29 is 4.42 Å². The average Bonchev–Trinajstić information content (AvgIpc) is 2.88. The third-order valence-corrected chi connectivity index (χ3v) is 4.77. The van der Waals surface area contributed by atoms with Crippen molar-refractivity contribution in [2.45, 2.75) is 72.5 Å². The van der Waals surface area contributed by atoms with Gasteiger partial charge in [-0.1, -0.05) is 6.42 Å². The molecule has 0 aliphatic carbocycles. The van der Waals surface area contributed by atoms with Gasteiger partial charge in [0.2, 0.25) is 5.89 Å². The summed E-state index contributed by atoms with van der Waals surface area (Å²) in [4.78, 5) is 11.6. The number of aliphatic imine (C=N–C) groups is 1. The van der Waals surface area contributed by atoms with Gasteiger partial charge < -0.3 is 15.1 Å². The Morgan fingerprint density at radius 2 is 2.17 bits per heavy atom. The highest BCUT2D eigenvalue weighted by Crippen LogP contribution is 2.18. The molecule has 2 atom stereocenters. The van der Waals surface area contributed by atoms with E-state index in [0.29, 0.717) is 24.5 Å². The maximum atomic E-state index is 5.60. The van der Waals surface area contributed by atoms with Crippen LogP contribution >= 0.6 is 0 Å². The summed E-state index contributed by atoms with van der Waals surface area (Å²) in [5.74, 6) is 2.35. The van der Waals surface area contributed by atoms with E-state index in [1.54, 1.807) is 0 Å². The minimum absolute atomic E-state index is 0.457. The highest BCUT2D eigenvalue weighted by Gasteiger charge is 2.22. The van der Waals surface area contributed by atoms with Gasteiger partial charge in [-0.3, -0.25) is 4.90 Å². The molecule has 2 unspecified atom stereocenters. The first-order valence-corrected chi connectivity index (χ1v) is 9.22. The molecule has 2 N–H and O–H groups in total. The van der Waals surface area contributed by atoms with Crippen molar-refractivity contribution in [3.63, 3.8) is 0 Å². The van der Waals surface area contributed by atoms with Crippen LogP contribution in [0.5, 0.6) is 0 Å². The van der Waals surface area contributed by atoms with Crippen LogP contribution < -0.4 is 10.6 Å². The lowest BCUT2D eigenvalue weighted by Crippen LogP contribution is -2.50. The molecule has 1 saturated heterocycles. The summed E-state index contributed by atoms with van der Waals surface area (Å²) in [6.45, 7) is 14.0. The van der Waals surface area contributed by atoms with Crippen molar-refractivity contribution in [1.82, 2.24) is 20.5 Å². The van der Waals surface area contributed by atoms with E-state index in [0.717, 1.165) is 30.5 Å². The molecule has 2 rings (SSSR count). The minimum Gasteiger partial charge on any atom is -0.444 e. The van der Waals surface area contributed by atoms with Crippen molar-refractivity contribution in [3.8, 4) is 0 Å². The van der Waals surface area contributed by atoms with Crippen molar-refractivity contribution in [2.24, 2.45) is 4.99 Å². The summed E-state index contributed by atoms with van der Waals surface area (Å²) in [5, 5.41) is 6.75. The molecule has 136 valence electrons. The van der Waals surface area contributed by atoms with E-state index in [1.165, 1.54) is 25.8 Å². The van der Waals surface area contributed by atoms with Gasteiger partial charge in [0.15, 0.2) is 5.96 Å². The van der Waals surface area contributed by atoms with Gasteiger partial charge in [-0.2, -0.15) is 0 Å². The number of oxazole rings is 1. The van der Waals surface area contributed by atoms with Crippen molar-refractivity contribution in [1.29, 1.82) is 0 Å². The van der Waals surface area contributed by atoms with Crippen LogP contribution in [-0.4, -0.2) is 47.6 Å². The Hall–Kier alpha value is -1.56. The second-order valence-electron chi connectivity index (χ2n) is 6.76. The van der Waals surface area contributed by atoms with Gasteiger partial charge >= 0.3 is 0 Å². The lowest BCUT2D eigenvalue weighted by atomic mass is 10.0. The van der Waals surface area contributed by atoms with Gasteiger partial charge in [-0.05, 0) is 54.0 Å². The van der Waals surface area contributed by atoms with Crippen LogP contribution in [0.4, 0.5) is 0 Å². The van der Waals surface area contributed by atoms with E-state index in [-0.39, 0.29) is 0 Å². The van der Waals surface area contributed by atoms with Crippen molar-refractivity contribution >= 4 is 5.96 Å². The summed E-state index contributed by atoms with van der Waals surface area (Å²) in [7, 11) is 0. The smallest absolute Gasteiger partial charge is 0.216 e. The molecule has 1 aliphatic heterocycles. The first-order chi connectivity index (χ1) is 11.5. The molecular formula is C18H33N5O. The number of hydrogen-bond acceptors (Lipinski definition) is 4. The zero-order valence-electron chi connectivity index (χ0n) is 15.9. The standard InChI is InChI=1S/C18H33N5O/c1-6-19-18(21-12-17-22-15(4)16(5)24-17)20-11-14(3)23-10-8-7-9-13(23)2/h13-14H,6-12H2,1-5H3,(H2,19,20,21). The Labute approximate surface area is 146 Å². The molecule has 0 saturated carbocycles. The Morgan fingerprint density at radius 3 is 2.79 bits per heavy atom. The maximum Gasteiger partial charge on any atom is 0.216 e. The topological polar surface area (TPSA) is 65.7 Å². The first kappa shape index (κ1) is 18.8. The van der Waals surface area contributed by atoms with Crippen LogP contribution in [0.2, 0.25) is 0 Å². The van der Waals surface area contributed by atoms with Gasteiger partial charge in [0.05, 0.1) is 5.69 Å². The van der Waals surface area contributed by atoms with Crippen molar-refractivity contribution in [3.05, 3.63) is 17.3 Å². The van der Waals surface area contributed by atoms with E-state index in [2.05, 4.69) is 46.3 Å². The molecule has 6 heteroatoms. The predicted molar refractivity (Wildman–Crippen MR) is 98.3 cm³/mol. The van der Waals surface area contributed by atoms with E-state index in [9.17, 15) is 0 Å². The number of rotatable bonds is 6. The van der Waals surface area contributed by atoms with Crippen LogP contribution in [0.3, 0.4) is 0 Å². The van der Waals surface area contributed by atoms with Gasteiger partial charge in [-0.25, -0.2) is 9.98 Å². The summed E-state index contributed by atoms with van der Waals surface area (Å²) < 4.78 is 5.60. The van der Waals surface area contributed by atoms with Crippen molar-refractivity contribution in [2.75, 3.05) is 19.6 Å². The molecule has 0 aromatic carbocycles. The molecule has 24 heavy (non-hydrogen) atoms. The number of likely N-dealkylation sites (tertiary alicyclic amines) is 1. The molecule has 0 radical (unpaired) electrons. The van der Waals surface area contributed by atoms with Gasteiger partial charge in [0.1, 0.15) is 12.3 Å². The number of aryl methyl sites for hydroxylation is 2. The van der Waals surface area contributed by atoms with Gasteiger partial charge in [-0.15, -0.1) is 0 Å². The van der Waals surface area contributed by atoms with E-state index in [1.807, 2.05) is 13.8 Å². The molecule has 1 fully saturated rings. The monoisotopic (exact) mass is 335 g/mol. The molecule has 0 bridgehead atoms. The third kappa shape index (κ3) is 5.23. The van der Waals surface area contributed by atoms with Crippen LogP contribution in [0.15, 0.2) is 9.41 Å². The fourth-order valence-electron chi connectivity index (χ4n) is 3.23. The number of nitrogens with zero attached hydrogens (tertiary/aromatic N) is 3. The average molecular weight is 335 g/mol. The fraction of sp³-hybridized carbons (Fsp3) is 0.778. The Balaban J connectivity index is 1.88. The number of guanidine groups is 1. The van der Waals surface area contributed by atoms with Crippen LogP contribution in [0.1, 0.15) is 57.4 Å². The third-order valence-electron chi connectivity index (χ3n) is 4.77. The second-order valence-corrected chi connectivity index (χ2v) is 6.76. The second kappa shape index (κ2) is 9.06. The number of nitrogens with one attached hydrogen (secondary N) is 2. The summed E-state index contributed by atoms with van der Waals surface area (Å²) >= 11 is 0. The molecule has 6 nitrogen and oxygen atoms in total. The Bertz CT molecular complexity index is 520. The highest BCUT2D eigenvalue weighted by atomic mass is 16.4. The predicted octanol–water partition coefficient (Wildman–Crippen LogP) is 2.61. The largest absolute Gasteiger partial charge is 0.444 e. The molecule has 1 aromatic rings. The number of hydrogen-bond donors (Lipinski definition) is 2. The normalized spacial score (nSPS) is 20.9. The summed E-state index contributed by atoms with van der Waals surface area (Å²) in [6, 6.07) is 1.17. The molecule has 0 spiro atoms. The van der Waals surface area contributed by atoms with Crippen LogP contribution in [0.25, 0.3) is 0 Å². The zero-order chi connectivity index (χ0) is 17.5. The molecule has 2 heterocycles. The summed E-state index contributed by atoms with van der Waals surface area (Å²) in [6.07, 6.45) is 3.98. The lowest BCUT2D eigenvalue weighted by molar-refractivity contribution is 0.115. The van der Waals surface area contributed by atoms with Crippen LogP contribution in [0, 0.1) is 13.8 Å². The van der Waals surface area contributed by atoms with Gasteiger partial charge in [0.25, 0.3) is 0 Å². The molecule has 1 aromatic heterocycles. The van der Waals surface area contributed by atoms with E-state index < -0.39 is 0 Å². The summed E-state index contributed by atoms with van der Waals surface area (Å²) in [5.41, 5.74) is 0.936. The van der Waals surface area contributed by atoms with E-state index >= 15 is 0 Å². The Morgan fingerprint density at radius 1 is 1.38 bits per heavy atom. The SMILES string of the molecule is CCNC(=NCc1nc(C)c(C)o1)NCC(C)N1CCCCC1C. The number of piperidine rings is 1. The maximum absolute atomic E-state index is 5.60. The fourth-order valence-corrected chi connectivity index (χ4v) is 3.23. The molecule has 1 aliphatic rings. The highest BCUT2D eigenvalue weighted by molar-refractivity contribution is 5.79. The minimum atomic E-state index is 0.457. The quantitative estimate of drug-likeness (QED) is 0.618. The zero-order valence-corrected chi connectivity index (χ0v) is 15.9.